The van der Waals surface area contributed by atoms with Crippen LogP contribution in [0.15, 0.2) is 6.07 Å². The maximum absolute atomic E-state index is 12.1. The van der Waals surface area contributed by atoms with Crippen LogP contribution in [0, 0.1) is 19.3 Å². The molecule has 1 aromatic heterocycles. The summed E-state index contributed by atoms with van der Waals surface area (Å²) in [6.45, 7) is 9.58. The molecule has 0 saturated heterocycles. The van der Waals surface area contributed by atoms with Crippen LogP contribution < -0.4 is 11.1 Å². The molecule has 100 valence electrons. The second kappa shape index (κ2) is 5.36. The molecule has 0 radical (unpaired) electrons. The van der Waals surface area contributed by atoms with E-state index in [0.717, 1.165) is 5.56 Å². The van der Waals surface area contributed by atoms with Crippen LogP contribution in [-0.4, -0.2) is 10.9 Å². The number of thiocarbonyl (C=S) groups is 1. The molecular weight excluding hydrogens is 264 g/mol. The number of thiophene rings is 1. The van der Waals surface area contributed by atoms with Crippen molar-refractivity contribution in [2.45, 2.75) is 40.7 Å². The average Bonchev–Trinajstić information content (AvgIpc) is 2.57. The van der Waals surface area contributed by atoms with E-state index < -0.39 is 5.41 Å². The molecule has 0 aliphatic rings. The molecule has 1 rings (SSSR count). The average molecular weight is 284 g/mol. The molecule has 18 heavy (non-hydrogen) atoms. The maximum atomic E-state index is 12.1. The van der Waals surface area contributed by atoms with E-state index in [1.807, 2.05) is 6.92 Å². The predicted molar refractivity (Wildman–Crippen MR) is 80.9 cm³/mol. The quantitative estimate of drug-likeness (QED) is 0.836. The van der Waals surface area contributed by atoms with Gasteiger partial charge < -0.3 is 11.1 Å². The molecule has 0 aliphatic carbocycles. The summed E-state index contributed by atoms with van der Waals surface area (Å²) >= 11 is 6.66. The van der Waals surface area contributed by atoms with Crippen molar-refractivity contribution < 1.29 is 4.79 Å². The molecule has 0 aliphatic heterocycles. The van der Waals surface area contributed by atoms with Crippen molar-refractivity contribution in [1.82, 2.24) is 5.32 Å². The maximum Gasteiger partial charge on any atom is 0.232 e. The summed E-state index contributed by atoms with van der Waals surface area (Å²) < 4.78 is 0. The number of aryl methyl sites for hydroxylation is 2. The molecular formula is C13H20N2OS2. The number of hydrogen-bond donors (Lipinski definition) is 2. The fraction of sp³-hybridized carbons (Fsp3) is 0.538. The fourth-order valence-corrected chi connectivity index (χ4v) is 2.76. The number of rotatable bonds is 4. The van der Waals surface area contributed by atoms with Gasteiger partial charge >= 0.3 is 0 Å². The molecule has 0 spiro atoms. The Bertz CT molecular complexity index is 477. The van der Waals surface area contributed by atoms with Gasteiger partial charge in [0.15, 0.2) is 0 Å². The van der Waals surface area contributed by atoms with Crippen molar-refractivity contribution in [2.24, 2.45) is 11.1 Å². The molecule has 0 saturated carbocycles. The minimum atomic E-state index is -0.817. The lowest BCUT2D eigenvalue weighted by Gasteiger charge is -2.24. The zero-order valence-electron chi connectivity index (χ0n) is 11.5. The number of amides is 1. The first-order valence-corrected chi connectivity index (χ1v) is 7.06. The lowest BCUT2D eigenvalue weighted by atomic mass is 9.91. The van der Waals surface area contributed by atoms with Crippen molar-refractivity contribution >= 4 is 34.5 Å². The highest BCUT2D eigenvalue weighted by Crippen LogP contribution is 2.27. The summed E-state index contributed by atoms with van der Waals surface area (Å²) in [5, 5.41) is 2.97. The Balaban J connectivity index is 2.83. The first kappa shape index (κ1) is 15.1. The predicted octanol–water partition coefficient (Wildman–Crippen LogP) is 2.85. The zero-order valence-corrected chi connectivity index (χ0v) is 13.1. The zero-order chi connectivity index (χ0) is 14.1. The van der Waals surface area contributed by atoms with Gasteiger partial charge in [0, 0.05) is 9.75 Å². The van der Waals surface area contributed by atoms with Gasteiger partial charge in [-0.1, -0.05) is 12.2 Å². The first-order valence-electron chi connectivity index (χ1n) is 5.84. The Morgan fingerprint density at radius 1 is 1.50 bits per heavy atom. The summed E-state index contributed by atoms with van der Waals surface area (Å²) in [6.07, 6.45) is 0. The van der Waals surface area contributed by atoms with Crippen LogP contribution in [0.5, 0.6) is 0 Å². The molecule has 1 heterocycles. The molecule has 3 N–H and O–H groups in total. The smallest absolute Gasteiger partial charge is 0.232 e. The first-order chi connectivity index (χ1) is 8.16. The van der Waals surface area contributed by atoms with Crippen LogP contribution in [0.3, 0.4) is 0 Å². The van der Waals surface area contributed by atoms with Gasteiger partial charge in [-0.15, -0.1) is 11.3 Å². The van der Waals surface area contributed by atoms with Gasteiger partial charge in [-0.25, -0.2) is 0 Å². The number of hydrogen-bond acceptors (Lipinski definition) is 3. The molecule has 0 aromatic carbocycles. The van der Waals surface area contributed by atoms with E-state index in [-0.39, 0.29) is 16.9 Å². The van der Waals surface area contributed by atoms with Crippen molar-refractivity contribution in [3.05, 3.63) is 21.4 Å². The Morgan fingerprint density at radius 2 is 2.06 bits per heavy atom. The number of nitrogens with two attached hydrogens (primary N) is 1. The highest BCUT2D eigenvalue weighted by atomic mass is 32.1. The van der Waals surface area contributed by atoms with Crippen LogP contribution in [0.1, 0.15) is 42.1 Å². The summed E-state index contributed by atoms with van der Waals surface area (Å²) in [7, 11) is 0. The molecule has 5 heteroatoms. The summed E-state index contributed by atoms with van der Waals surface area (Å²) in [6, 6.07) is 2.08. The summed E-state index contributed by atoms with van der Waals surface area (Å²) in [5.41, 5.74) is 5.93. The third-order valence-corrected chi connectivity index (χ3v) is 4.57. The van der Waals surface area contributed by atoms with Gasteiger partial charge in [0.05, 0.1) is 16.4 Å². The number of carbonyl (C=O) groups is 1. The van der Waals surface area contributed by atoms with E-state index in [1.54, 1.807) is 25.2 Å². The highest BCUT2D eigenvalue weighted by Gasteiger charge is 2.32. The Hall–Kier alpha value is -0.940. The Labute approximate surface area is 118 Å². The van der Waals surface area contributed by atoms with Crippen molar-refractivity contribution in [3.63, 3.8) is 0 Å². The van der Waals surface area contributed by atoms with Gasteiger partial charge in [0.25, 0.3) is 0 Å². The topological polar surface area (TPSA) is 55.1 Å². The number of carbonyl (C=O) groups excluding carboxylic acids is 1. The third-order valence-electron chi connectivity index (χ3n) is 3.08. The monoisotopic (exact) mass is 284 g/mol. The Kier molecular flexibility index (Phi) is 4.50. The van der Waals surface area contributed by atoms with Crippen molar-refractivity contribution in [2.75, 3.05) is 0 Å². The van der Waals surface area contributed by atoms with Crippen LogP contribution in [0.25, 0.3) is 0 Å². The van der Waals surface area contributed by atoms with Crippen molar-refractivity contribution in [1.29, 1.82) is 0 Å². The van der Waals surface area contributed by atoms with Crippen LogP contribution in [0.2, 0.25) is 0 Å². The second-order valence-electron chi connectivity index (χ2n) is 5.05. The minimum absolute atomic E-state index is 0.0314. The molecule has 1 atom stereocenters. The van der Waals surface area contributed by atoms with Gasteiger partial charge in [0.1, 0.15) is 0 Å². The summed E-state index contributed by atoms with van der Waals surface area (Å²) in [5.74, 6) is -0.134. The van der Waals surface area contributed by atoms with Crippen LogP contribution in [-0.2, 0) is 4.79 Å². The van der Waals surface area contributed by atoms with Crippen LogP contribution in [0.4, 0.5) is 0 Å². The molecule has 1 aromatic rings. The van der Waals surface area contributed by atoms with Gasteiger partial charge in [-0.3, -0.25) is 4.79 Å². The lowest BCUT2D eigenvalue weighted by Crippen LogP contribution is -2.45. The largest absolute Gasteiger partial charge is 0.392 e. The fourth-order valence-electron chi connectivity index (χ4n) is 1.65. The lowest BCUT2D eigenvalue weighted by molar-refractivity contribution is -0.126. The van der Waals surface area contributed by atoms with E-state index in [9.17, 15) is 4.79 Å². The molecule has 1 unspecified atom stereocenters. The van der Waals surface area contributed by atoms with Crippen LogP contribution >= 0.6 is 23.6 Å². The Morgan fingerprint density at radius 3 is 2.44 bits per heavy atom. The standard InChI is InChI=1S/C13H20N2OS2/c1-7-6-10(9(3)18-7)8(2)15-12(16)13(4,5)11(14)17/h6,8H,1-5H3,(H2,14,17)(H,15,16). The van der Waals surface area contributed by atoms with Gasteiger partial charge in [0.2, 0.25) is 5.91 Å². The van der Waals surface area contributed by atoms with E-state index in [1.165, 1.54) is 9.75 Å². The minimum Gasteiger partial charge on any atom is -0.392 e. The third kappa shape index (κ3) is 3.09. The summed E-state index contributed by atoms with van der Waals surface area (Å²) in [4.78, 5) is 14.8. The van der Waals surface area contributed by atoms with E-state index >= 15 is 0 Å². The molecule has 3 nitrogen and oxygen atoms in total. The van der Waals surface area contributed by atoms with Gasteiger partial charge in [-0.05, 0) is 46.2 Å². The van der Waals surface area contributed by atoms with Crippen molar-refractivity contribution in [3.8, 4) is 0 Å². The highest BCUT2D eigenvalue weighted by molar-refractivity contribution is 7.80. The second-order valence-corrected chi connectivity index (χ2v) is 6.95. The SMILES string of the molecule is Cc1cc(C(C)NC(=O)C(C)(C)C(N)=S)c(C)s1. The normalized spacial score (nSPS) is 13.2. The molecule has 1 amide bonds. The van der Waals surface area contributed by atoms with Gasteiger partial charge in [-0.2, -0.15) is 0 Å². The molecule has 0 bridgehead atoms. The van der Waals surface area contributed by atoms with E-state index in [4.69, 9.17) is 18.0 Å². The molecule has 0 fully saturated rings. The van der Waals surface area contributed by atoms with E-state index in [0.29, 0.717) is 0 Å². The van der Waals surface area contributed by atoms with E-state index in [2.05, 4.69) is 25.2 Å². The number of nitrogens with one attached hydrogen (secondary N) is 1.